The summed E-state index contributed by atoms with van der Waals surface area (Å²) in [6, 6.07) is 15.6. The third-order valence-electron chi connectivity index (χ3n) is 4.06. The lowest BCUT2D eigenvalue weighted by Gasteiger charge is -2.12. The quantitative estimate of drug-likeness (QED) is 0.680. The molecule has 7 nitrogen and oxygen atoms in total. The molecule has 4 rings (SSSR count). The Morgan fingerprint density at radius 1 is 0.923 bits per heavy atom. The van der Waals surface area contributed by atoms with Crippen molar-refractivity contribution in [3.63, 3.8) is 0 Å². The number of imide groups is 1. The van der Waals surface area contributed by atoms with E-state index < -0.39 is 17.8 Å². The number of carbonyl (C=O) groups excluding carboxylic acids is 3. The van der Waals surface area contributed by atoms with Gasteiger partial charge in [0.15, 0.2) is 0 Å². The standard InChI is InChI=1S/C19H13N3O4/c1-21-11-15(12-7-3-2-4-8-12)20-16(21)19(25)26-22-17(23)13-9-5-6-10-14(13)18(22)24/h2-11H,1H3. The molecule has 128 valence electrons. The summed E-state index contributed by atoms with van der Waals surface area (Å²) in [5.41, 5.74) is 1.83. The molecule has 2 heterocycles. The second kappa shape index (κ2) is 5.96. The van der Waals surface area contributed by atoms with Crippen molar-refractivity contribution in [2.24, 2.45) is 7.05 Å². The van der Waals surface area contributed by atoms with Crippen LogP contribution in [0.5, 0.6) is 0 Å². The van der Waals surface area contributed by atoms with Crippen molar-refractivity contribution in [2.45, 2.75) is 0 Å². The SMILES string of the molecule is Cn1cc(-c2ccccc2)nc1C(=O)ON1C(=O)c2ccccc2C1=O. The van der Waals surface area contributed by atoms with Gasteiger partial charge in [0.25, 0.3) is 11.8 Å². The fourth-order valence-corrected chi connectivity index (χ4v) is 2.78. The maximum atomic E-state index is 12.5. The largest absolute Gasteiger partial charge is 0.399 e. The summed E-state index contributed by atoms with van der Waals surface area (Å²) in [4.78, 5) is 46.3. The molecule has 1 aromatic heterocycles. The molecule has 1 aliphatic heterocycles. The van der Waals surface area contributed by atoms with Gasteiger partial charge in [0.05, 0.1) is 16.8 Å². The molecule has 2 amide bonds. The zero-order valence-corrected chi connectivity index (χ0v) is 13.7. The van der Waals surface area contributed by atoms with Crippen molar-refractivity contribution >= 4 is 17.8 Å². The van der Waals surface area contributed by atoms with Crippen LogP contribution in [0.3, 0.4) is 0 Å². The van der Waals surface area contributed by atoms with Crippen LogP contribution in [0.1, 0.15) is 31.3 Å². The molecule has 0 atom stereocenters. The van der Waals surface area contributed by atoms with E-state index in [0.717, 1.165) is 5.56 Å². The molecule has 2 aromatic carbocycles. The summed E-state index contributed by atoms with van der Waals surface area (Å²) in [5.74, 6) is -2.24. The van der Waals surface area contributed by atoms with Gasteiger partial charge in [-0.3, -0.25) is 9.59 Å². The smallest absolute Gasteiger partial charge is 0.328 e. The molecule has 26 heavy (non-hydrogen) atoms. The molecule has 0 bridgehead atoms. The number of imidazole rings is 1. The molecule has 0 spiro atoms. The third kappa shape index (κ3) is 2.46. The van der Waals surface area contributed by atoms with E-state index in [1.807, 2.05) is 30.3 Å². The minimum Gasteiger partial charge on any atom is -0.328 e. The Labute approximate surface area is 148 Å². The topological polar surface area (TPSA) is 81.5 Å². The monoisotopic (exact) mass is 347 g/mol. The molecule has 0 aliphatic carbocycles. The lowest BCUT2D eigenvalue weighted by Crippen LogP contribution is -2.33. The van der Waals surface area contributed by atoms with E-state index in [1.165, 1.54) is 16.7 Å². The van der Waals surface area contributed by atoms with Gasteiger partial charge in [-0.1, -0.05) is 47.5 Å². The Hall–Kier alpha value is -3.74. The minimum atomic E-state index is -0.885. The average molecular weight is 347 g/mol. The number of nitrogens with zero attached hydrogens (tertiary/aromatic N) is 3. The van der Waals surface area contributed by atoms with Gasteiger partial charge < -0.3 is 9.40 Å². The molecule has 0 unspecified atom stereocenters. The van der Waals surface area contributed by atoms with Gasteiger partial charge in [-0.2, -0.15) is 0 Å². The highest BCUT2D eigenvalue weighted by atomic mass is 16.7. The van der Waals surface area contributed by atoms with Crippen molar-refractivity contribution in [3.8, 4) is 11.3 Å². The highest BCUT2D eigenvalue weighted by molar-refractivity contribution is 6.21. The van der Waals surface area contributed by atoms with E-state index in [1.54, 1.807) is 25.4 Å². The maximum Gasteiger partial charge on any atom is 0.399 e. The molecular formula is C19H13N3O4. The van der Waals surface area contributed by atoms with Gasteiger partial charge in [0.2, 0.25) is 5.82 Å². The van der Waals surface area contributed by atoms with Crippen LogP contribution in [0, 0.1) is 0 Å². The minimum absolute atomic E-state index is 0.0135. The van der Waals surface area contributed by atoms with E-state index in [9.17, 15) is 14.4 Å². The normalized spacial score (nSPS) is 13.0. The first kappa shape index (κ1) is 15.8. The summed E-state index contributed by atoms with van der Waals surface area (Å²) in [6.45, 7) is 0. The van der Waals surface area contributed by atoms with Crippen molar-refractivity contribution in [2.75, 3.05) is 0 Å². The number of aromatic nitrogens is 2. The Morgan fingerprint density at radius 2 is 1.50 bits per heavy atom. The molecule has 7 heteroatoms. The van der Waals surface area contributed by atoms with Gasteiger partial charge >= 0.3 is 5.97 Å². The van der Waals surface area contributed by atoms with Crippen LogP contribution in [-0.4, -0.2) is 32.4 Å². The Kier molecular flexibility index (Phi) is 3.62. The summed E-state index contributed by atoms with van der Waals surface area (Å²) in [7, 11) is 1.64. The number of fused-ring (bicyclic) bond motifs is 1. The van der Waals surface area contributed by atoms with E-state index in [-0.39, 0.29) is 17.0 Å². The lowest BCUT2D eigenvalue weighted by atomic mass is 10.1. The third-order valence-corrected chi connectivity index (χ3v) is 4.06. The van der Waals surface area contributed by atoms with E-state index >= 15 is 0 Å². The molecule has 3 aromatic rings. The molecule has 0 radical (unpaired) electrons. The molecule has 0 fully saturated rings. The predicted molar refractivity (Wildman–Crippen MR) is 91.0 cm³/mol. The number of hydrogen-bond acceptors (Lipinski definition) is 5. The number of hydrogen-bond donors (Lipinski definition) is 0. The summed E-state index contributed by atoms with van der Waals surface area (Å²) < 4.78 is 1.49. The maximum absolute atomic E-state index is 12.5. The fourth-order valence-electron chi connectivity index (χ4n) is 2.78. The number of benzene rings is 2. The van der Waals surface area contributed by atoms with E-state index in [2.05, 4.69) is 4.98 Å². The fraction of sp³-hybridized carbons (Fsp3) is 0.0526. The van der Waals surface area contributed by atoms with Crippen LogP contribution in [0.4, 0.5) is 0 Å². The number of hydroxylamine groups is 2. The van der Waals surface area contributed by atoms with Gasteiger partial charge in [-0.15, -0.1) is 0 Å². The second-order valence-corrected chi connectivity index (χ2v) is 5.76. The van der Waals surface area contributed by atoms with Gasteiger partial charge in [0, 0.05) is 18.8 Å². The molecular weight excluding hydrogens is 334 g/mol. The molecule has 1 aliphatic rings. The molecule has 0 saturated heterocycles. The van der Waals surface area contributed by atoms with Crippen LogP contribution in [0.25, 0.3) is 11.3 Å². The summed E-state index contributed by atoms with van der Waals surface area (Å²) >= 11 is 0. The van der Waals surface area contributed by atoms with Crippen molar-refractivity contribution in [1.82, 2.24) is 14.6 Å². The highest BCUT2D eigenvalue weighted by Crippen LogP contribution is 2.24. The summed E-state index contributed by atoms with van der Waals surface area (Å²) in [6.07, 6.45) is 1.67. The first-order valence-corrected chi connectivity index (χ1v) is 7.85. The Bertz CT molecular complexity index is 1000. The predicted octanol–water partition coefficient (Wildman–Crippen LogP) is 2.46. The van der Waals surface area contributed by atoms with Crippen LogP contribution in [0.15, 0.2) is 60.8 Å². The molecule has 0 saturated carbocycles. The summed E-state index contributed by atoms with van der Waals surface area (Å²) in [5, 5.41) is 0.476. The zero-order valence-electron chi connectivity index (χ0n) is 13.7. The molecule has 0 N–H and O–H groups in total. The highest BCUT2D eigenvalue weighted by Gasteiger charge is 2.39. The van der Waals surface area contributed by atoms with Gasteiger partial charge in [-0.25, -0.2) is 9.78 Å². The van der Waals surface area contributed by atoms with Crippen molar-refractivity contribution in [3.05, 3.63) is 77.7 Å². The van der Waals surface area contributed by atoms with Gasteiger partial charge in [-0.05, 0) is 12.1 Å². The first-order valence-electron chi connectivity index (χ1n) is 7.85. The van der Waals surface area contributed by atoms with Crippen molar-refractivity contribution < 1.29 is 19.2 Å². The van der Waals surface area contributed by atoms with E-state index in [0.29, 0.717) is 10.8 Å². The van der Waals surface area contributed by atoms with Crippen LogP contribution >= 0.6 is 0 Å². The number of carbonyl (C=O) groups is 3. The number of rotatable bonds is 3. The lowest BCUT2D eigenvalue weighted by molar-refractivity contribution is -0.0594. The van der Waals surface area contributed by atoms with Crippen molar-refractivity contribution in [1.29, 1.82) is 0 Å². The van der Waals surface area contributed by atoms with Crippen LogP contribution in [-0.2, 0) is 11.9 Å². The number of amides is 2. The Balaban J connectivity index is 1.59. The zero-order chi connectivity index (χ0) is 18.3. The van der Waals surface area contributed by atoms with Crippen LogP contribution in [0.2, 0.25) is 0 Å². The Morgan fingerprint density at radius 3 is 2.12 bits per heavy atom. The number of aryl methyl sites for hydroxylation is 1. The second-order valence-electron chi connectivity index (χ2n) is 5.76. The average Bonchev–Trinajstić information content (AvgIpc) is 3.17. The van der Waals surface area contributed by atoms with E-state index in [4.69, 9.17) is 4.84 Å². The first-order chi connectivity index (χ1) is 12.6. The van der Waals surface area contributed by atoms with Gasteiger partial charge in [0.1, 0.15) is 0 Å². The van der Waals surface area contributed by atoms with Crippen LogP contribution < -0.4 is 0 Å².